The Labute approximate surface area is 119 Å². The van der Waals surface area contributed by atoms with Crippen LogP contribution in [-0.2, 0) is 20.2 Å². The normalized spacial score (nSPS) is 16.9. The first-order valence-corrected chi connectivity index (χ1v) is 8.69. The molecule has 1 aromatic heterocycles. The summed E-state index contributed by atoms with van der Waals surface area (Å²) in [6.07, 6.45) is 2.11. The zero-order chi connectivity index (χ0) is 15.4. The number of aromatic nitrogens is 2. The van der Waals surface area contributed by atoms with E-state index in [4.69, 9.17) is 15.0 Å². The fourth-order valence-corrected chi connectivity index (χ4v) is 2.39. The van der Waals surface area contributed by atoms with Crippen LogP contribution in [0.3, 0.4) is 0 Å². The Morgan fingerprint density at radius 2 is 2.10 bits per heavy atom. The Kier molecular flexibility index (Phi) is 5.67. The minimum absolute atomic E-state index is 0.0115. The van der Waals surface area contributed by atoms with Gasteiger partial charge in [-0.2, -0.15) is 4.98 Å². The van der Waals surface area contributed by atoms with Crippen LogP contribution in [0.4, 0.5) is 0 Å². The van der Waals surface area contributed by atoms with Gasteiger partial charge in [0.2, 0.25) is 11.7 Å². The van der Waals surface area contributed by atoms with Crippen LogP contribution in [0.5, 0.6) is 0 Å². The molecule has 8 heteroatoms. The molecular formula is C12H23N3O4S. The van der Waals surface area contributed by atoms with E-state index >= 15 is 0 Å². The molecule has 0 radical (unpaired) electrons. The molecule has 0 bridgehead atoms. The van der Waals surface area contributed by atoms with E-state index < -0.39 is 21.5 Å². The lowest BCUT2D eigenvalue weighted by atomic mass is 10.0. The second-order valence-corrected chi connectivity index (χ2v) is 7.26. The van der Waals surface area contributed by atoms with Gasteiger partial charge in [-0.05, 0) is 26.7 Å². The topological polar surface area (TPSA) is 108 Å². The molecule has 0 aliphatic rings. The van der Waals surface area contributed by atoms with Gasteiger partial charge >= 0.3 is 0 Å². The van der Waals surface area contributed by atoms with Crippen LogP contribution in [0.1, 0.15) is 51.4 Å². The van der Waals surface area contributed by atoms with Gasteiger partial charge in [0.15, 0.2) is 0 Å². The van der Waals surface area contributed by atoms with Gasteiger partial charge < -0.3 is 15.0 Å². The molecule has 1 aromatic rings. The molecule has 0 aliphatic carbocycles. The first kappa shape index (κ1) is 17.1. The summed E-state index contributed by atoms with van der Waals surface area (Å²) in [5, 5.41) is 3.90. The molecule has 1 heterocycles. The number of rotatable bonds is 8. The maximum Gasteiger partial charge on any atom is 0.243 e. The van der Waals surface area contributed by atoms with E-state index in [1.165, 1.54) is 6.26 Å². The van der Waals surface area contributed by atoms with Gasteiger partial charge in [-0.1, -0.05) is 12.1 Å². The van der Waals surface area contributed by atoms with Gasteiger partial charge in [-0.25, -0.2) is 8.42 Å². The highest BCUT2D eigenvalue weighted by atomic mass is 32.2. The molecule has 20 heavy (non-hydrogen) atoms. The molecule has 116 valence electrons. The summed E-state index contributed by atoms with van der Waals surface area (Å²) in [4.78, 5) is 4.25. The number of hydrogen-bond acceptors (Lipinski definition) is 7. The van der Waals surface area contributed by atoms with Gasteiger partial charge in [0, 0.05) is 12.9 Å². The van der Waals surface area contributed by atoms with Crippen LogP contribution >= 0.6 is 0 Å². The zero-order valence-corrected chi connectivity index (χ0v) is 13.2. The average molecular weight is 305 g/mol. The summed E-state index contributed by atoms with van der Waals surface area (Å²) in [6.45, 7) is 6.28. The Bertz CT molecular complexity index is 529. The zero-order valence-electron chi connectivity index (χ0n) is 12.4. The van der Waals surface area contributed by atoms with Crippen molar-refractivity contribution in [1.29, 1.82) is 0 Å². The largest absolute Gasteiger partial charge is 0.367 e. The quantitative estimate of drug-likeness (QED) is 0.767. The van der Waals surface area contributed by atoms with Crippen LogP contribution in [-0.4, -0.2) is 37.2 Å². The lowest BCUT2D eigenvalue weighted by molar-refractivity contribution is -0.0403. The third kappa shape index (κ3) is 4.53. The van der Waals surface area contributed by atoms with Crippen LogP contribution in [0.15, 0.2) is 4.52 Å². The number of ether oxygens (including phenoxy) is 1. The van der Waals surface area contributed by atoms with Crippen molar-refractivity contribution in [3.05, 3.63) is 11.7 Å². The molecule has 2 atom stereocenters. The molecule has 0 fully saturated rings. The molecule has 2 unspecified atom stereocenters. The number of sulfone groups is 1. The molecule has 1 rings (SSSR count). The number of hydrogen-bond donors (Lipinski definition) is 1. The first-order valence-electron chi connectivity index (χ1n) is 6.63. The smallest absolute Gasteiger partial charge is 0.243 e. The monoisotopic (exact) mass is 305 g/mol. The van der Waals surface area contributed by atoms with E-state index in [9.17, 15) is 8.42 Å². The molecule has 0 saturated heterocycles. The summed E-state index contributed by atoms with van der Waals surface area (Å²) in [5.74, 6) is 0.664. The van der Waals surface area contributed by atoms with Gasteiger partial charge in [-0.3, -0.25) is 0 Å². The summed E-state index contributed by atoms with van der Waals surface area (Å²) in [7, 11) is -3.06. The SMILES string of the molecule is CCOC(C)(CC)c1noc(C(N)CCS(C)(=O)=O)n1. The summed E-state index contributed by atoms with van der Waals surface area (Å²) in [5.41, 5.74) is 5.25. The number of nitrogens with zero attached hydrogens (tertiary/aromatic N) is 2. The fourth-order valence-electron chi connectivity index (χ4n) is 1.71. The summed E-state index contributed by atoms with van der Waals surface area (Å²) < 4.78 is 33.0. The summed E-state index contributed by atoms with van der Waals surface area (Å²) >= 11 is 0. The fraction of sp³-hybridized carbons (Fsp3) is 0.833. The van der Waals surface area contributed by atoms with E-state index in [1.54, 1.807) is 0 Å². The van der Waals surface area contributed by atoms with Crippen LogP contribution in [0, 0.1) is 0 Å². The highest BCUT2D eigenvalue weighted by Gasteiger charge is 2.31. The van der Waals surface area contributed by atoms with Crippen molar-refractivity contribution in [3.8, 4) is 0 Å². The second kappa shape index (κ2) is 6.64. The Hall–Kier alpha value is -0.990. The maximum atomic E-state index is 11.1. The van der Waals surface area contributed by atoms with Crippen molar-refractivity contribution in [3.63, 3.8) is 0 Å². The van der Waals surface area contributed by atoms with Crippen molar-refractivity contribution in [1.82, 2.24) is 10.1 Å². The highest BCUT2D eigenvalue weighted by molar-refractivity contribution is 7.90. The standard InChI is InChI=1S/C12H23N3O4S/c1-5-12(3,18-6-2)11-14-10(19-15-11)9(13)7-8-20(4,16)17/h9H,5-8,13H2,1-4H3. The minimum atomic E-state index is -3.06. The molecule has 0 aromatic carbocycles. The van der Waals surface area contributed by atoms with Gasteiger partial charge in [0.25, 0.3) is 0 Å². The highest BCUT2D eigenvalue weighted by Crippen LogP contribution is 2.27. The minimum Gasteiger partial charge on any atom is -0.367 e. The molecular weight excluding hydrogens is 282 g/mol. The third-order valence-electron chi connectivity index (χ3n) is 3.17. The maximum absolute atomic E-state index is 11.1. The van der Waals surface area contributed by atoms with Crippen LogP contribution in [0.25, 0.3) is 0 Å². The van der Waals surface area contributed by atoms with Gasteiger partial charge in [0.05, 0.1) is 11.8 Å². The molecule has 0 aliphatic heterocycles. The van der Waals surface area contributed by atoms with Crippen molar-refractivity contribution >= 4 is 9.84 Å². The van der Waals surface area contributed by atoms with Gasteiger partial charge in [-0.15, -0.1) is 0 Å². The van der Waals surface area contributed by atoms with E-state index in [0.717, 1.165) is 0 Å². The third-order valence-corrected chi connectivity index (χ3v) is 4.15. The molecule has 0 saturated carbocycles. The predicted octanol–water partition coefficient (Wildman–Crippen LogP) is 1.17. The van der Waals surface area contributed by atoms with Crippen molar-refractivity contribution in [2.24, 2.45) is 5.73 Å². The van der Waals surface area contributed by atoms with E-state index in [2.05, 4.69) is 10.1 Å². The van der Waals surface area contributed by atoms with E-state index in [1.807, 2.05) is 20.8 Å². The lowest BCUT2D eigenvalue weighted by Gasteiger charge is -2.23. The van der Waals surface area contributed by atoms with Crippen LogP contribution in [0.2, 0.25) is 0 Å². The van der Waals surface area contributed by atoms with Crippen molar-refractivity contribution in [2.45, 2.75) is 45.3 Å². The Morgan fingerprint density at radius 3 is 2.60 bits per heavy atom. The predicted molar refractivity (Wildman–Crippen MR) is 74.8 cm³/mol. The van der Waals surface area contributed by atoms with Crippen molar-refractivity contribution in [2.75, 3.05) is 18.6 Å². The lowest BCUT2D eigenvalue weighted by Crippen LogP contribution is -2.27. The Morgan fingerprint density at radius 1 is 1.45 bits per heavy atom. The molecule has 2 N–H and O–H groups in total. The summed E-state index contributed by atoms with van der Waals surface area (Å²) in [6, 6.07) is -0.589. The molecule has 0 spiro atoms. The molecule has 0 amide bonds. The molecule has 7 nitrogen and oxygen atoms in total. The Balaban J connectivity index is 2.80. The van der Waals surface area contributed by atoms with Crippen LogP contribution < -0.4 is 5.73 Å². The van der Waals surface area contributed by atoms with Gasteiger partial charge in [0.1, 0.15) is 15.4 Å². The van der Waals surface area contributed by atoms with E-state index in [0.29, 0.717) is 18.9 Å². The first-order chi connectivity index (χ1) is 9.22. The van der Waals surface area contributed by atoms with Crippen molar-refractivity contribution < 1.29 is 17.7 Å². The average Bonchev–Trinajstić information content (AvgIpc) is 2.85. The van der Waals surface area contributed by atoms with E-state index in [-0.39, 0.29) is 18.1 Å². The second-order valence-electron chi connectivity index (χ2n) is 5.00. The number of nitrogens with two attached hydrogens (primary N) is 1.